The van der Waals surface area contributed by atoms with Crippen LogP contribution in [0.1, 0.15) is 15.9 Å². The fourth-order valence-electron chi connectivity index (χ4n) is 1.80. The number of carbonyl (C=O) groups excluding carboxylic acids is 1. The Balaban J connectivity index is 0.00000200. The van der Waals surface area contributed by atoms with E-state index in [1.165, 1.54) is 7.11 Å². The lowest BCUT2D eigenvalue weighted by atomic mass is 10.0. The third kappa shape index (κ3) is 3.51. The van der Waals surface area contributed by atoms with Crippen LogP contribution in [-0.4, -0.2) is 13.1 Å². The zero-order valence-corrected chi connectivity index (χ0v) is 12.5. The van der Waals surface area contributed by atoms with Gasteiger partial charge in [-0.3, -0.25) is 0 Å². The minimum atomic E-state index is -0.435. The first-order valence-corrected chi connectivity index (χ1v) is 6.20. The van der Waals surface area contributed by atoms with E-state index >= 15 is 0 Å². The Labute approximate surface area is 129 Å². The first-order chi connectivity index (χ1) is 9.15. The van der Waals surface area contributed by atoms with Crippen LogP contribution in [0.4, 0.5) is 0 Å². The molecule has 0 aliphatic heterocycles. The number of hydrogen-bond donors (Lipinski definition) is 1. The van der Waals surface area contributed by atoms with Gasteiger partial charge in [-0.25, -0.2) is 4.79 Å². The lowest BCUT2D eigenvalue weighted by Crippen LogP contribution is -2.01. The molecule has 5 heteroatoms. The molecule has 0 saturated carbocycles. The van der Waals surface area contributed by atoms with E-state index in [1.807, 2.05) is 30.3 Å². The SMILES string of the molecule is COC(=O)c1ccc(-c2ccc(CN)cc2)cc1Cl.Cl. The first kappa shape index (κ1) is 16.5. The lowest BCUT2D eigenvalue weighted by Gasteiger charge is -2.07. The molecule has 0 saturated heterocycles. The molecular weight excluding hydrogens is 297 g/mol. The highest BCUT2D eigenvalue weighted by Crippen LogP contribution is 2.26. The molecule has 0 unspecified atom stereocenters. The van der Waals surface area contributed by atoms with E-state index in [0.717, 1.165) is 16.7 Å². The summed E-state index contributed by atoms with van der Waals surface area (Å²) in [6, 6.07) is 13.2. The van der Waals surface area contributed by atoms with Crippen molar-refractivity contribution in [1.82, 2.24) is 0 Å². The molecule has 0 heterocycles. The van der Waals surface area contributed by atoms with E-state index in [4.69, 9.17) is 17.3 Å². The molecule has 2 aromatic carbocycles. The van der Waals surface area contributed by atoms with Crippen LogP contribution in [-0.2, 0) is 11.3 Å². The van der Waals surface area contributed by atoms with E-state index in [9.17, 15) is 4.79 Å². The minimum Gasteiger partial charge on any atom is -0.465 e. The third-order valence-corrected chi connectivity index (χ3v) is 3.21. The van der Waals surface area contributed by atoms with E-state index in [2.05, 4.69) is 4.74 Å². The van der Waals surface area contributed by atoms with Crippen molar-refractivity contribution in [3.05, 3.63) is 58.6 Å². The number of nitrogens with two attached hydrogens (primary N) is 1. The number of ether oxygens (including phenoxy) is 1. The summed E-state index contributed by atoms with van der Waals surface area (Å²) in [5, 5.41) is 0.382. The van der Waals surface area contributed by atoms with Crippen LogP contribution in [0.3, 0.4) is 0 Å². The second kappa shape index (κ2) is 7.29. The predicted molar refractivity (Wildman–Crippen MR) is 83.4 cm³/mol. The number of halogens is 2. The van der Waals surface area contributed by atoms with Crippen molar-refractivity contribution in [2.75, 3.05) is 7.11 Å². The molecule has 0 radical (unpaired) electrons. The largest absolute Gasteiger partial charge is 0.465 e. The van der Waals surface area contributed by atoms with E-state index in [-0.39, 0.29) is 12.4 Å². The number of methoxy groups -OCH3 is 1. The molecular formula is C15H15Cl2NO2. The monoisotopic (exact) mass is 311 g/mol. The Morgan fingerprint density at radius 2 is 1.75 bits per heavy atom. The first-order valence-electron chi connectivity index (χ1n) is 5.83. The second-order valence-corrected chi connectivity index (χ2v) is 4.49. The van der Waals surface area contributed by atoms with Crippen LogP contribution in [0.25, 0.3) is 11.1 Å². The molecule has 0 atom stereocenters. The fraction of sp³-hybridized carbons (Fsp3) is 0.133. The Morgan fingerprint density at radius 1 is 1.15 bits per heavy atom. The topological polar surface area (TPSA) is 52.3 Å². The van der Waals surface area contributed by atoms with Gasteiger partial charge < -0.3 is 10.5 Å². The van der Waals surface area contributed by atoms with Crippen molar-refractivity contribution in [3.63, 3.8) is 0 Å². The van der Waals surface area contributed by atoms with Gasteiger partial charge in [0.05, 0.1) is 17.7 Å². The molecule has 3 nitrogen and oxygen atoms in total. The third-order valence-electron chi connectivity index (χ3n) is 2.90. The molecule has 0 amide bonds. The van der Waals surface area contributed by atoms with E-state index in [0.29, 0.717) is 17.1 Å². The van der Waals surface area contributed by atoms with Gasteiger partial charge in [-0.05, 0) is 28.8 Å². The second-order valence-electron chi connectivity index (χ2n) is 4.09. The van der Waals surface area contributed by atoms with Crippen LogP contribution in [0, 0.1) is 0 Å². The molecule has 2 aromatic rings. The van der Waals surface area contributed by atoms with Gasteiger partial charge in [0.15, 0.2) is 0 Å². The molecule has 2 N–H and O–H groups in total. The van der Waals surface area contributed by atoms with Crippen molar-refractivity contribution in [2.45, 2.75) is 6.54 Å². The van der Waals surface area contributed by atoms with Crippen LogP contribution < -0.4 is 5.73 Å². The summed E-state index contributed by atoms with van der Waals surface area (Å²) in [6.07, 6.45) is 0. The Kier molecular flexibility index (Phi) is 6.02. The summed E-state index contributed by atoms with van der Waals surface area (Å²) in [6.45, 7) is 0.516. The molecule has 20 heavy (non-hydrogen) atoms. The van der Waals surface area contributed by atoms with Gasteiger partial charge in [0.2, 0.25) is 0 Å². The highest BCUT2D eigenvalue weighted by Gasteiger charge is 2.11. The number of esters is 1. The maximum absolute atomic E-state index is 11.4. The molecule has 0 aromatic heterocycles. The van der Waals surface area contributed by atoms with Crippen LogP contribution in [0.2, 0.25) is 5.02 Å². The van der Waals surface area contributed by atoms with E-state index < -0.39 is 5.97 Å². The highest BCUT2D eigenvalue weighted by molar-refractivity contribution is 6.33. The Bertz CT molecular complexity index is 597. The fourth-order valence-corrected chi connectivity index (χ4v) is 2.06. The summed E-state index contributed by atoms with van der Waals surface area (Å²) in [7, 11) is 1.33. The van der Waals surface area contributed by atoms with Crippen molar-refractivity contribution >= 4 is 30.0 Å². The molecule has 0 spiro atoms. The van der Waals surface area contributed by atoms with Crippen molar-refractivity contribution < 1.29 is 9.53 Å². The van der Waals surface area contributed by atoms with Gasteiger partial charge in [0.1, 0.15) is 0 Å². The molecule has 0 fully saturated rings. The maximum Gasteiger partial charge on any atom is 0.339 e. The molecule has 2 rings (SSSR count). The van der Waals surface area contributed by atoms with Gasteiger partial charge in [0, 0.05) is 6.54 Å². The minimum absolute atomic E-state index is 0. The van der Waals surface area contributed by atoms with Crippen molar-refractivity contribution in [1.29, 1.82) is 0 Å². The summed E-state index contributed by atoms with van der Waals surface area (Å²) in [4.78, 5) is 11.4. The predicted octanol–water partition coefficient (Wildman–Crippen LogP) is 3.67. The van der Waals surface area contributed by atoms with Crippen LogP contribution in [0.15, 0.2) is 42.5 Å². The van der Waals surface area contributed by atoms with Gasteiger partial charge in [-0.2, -0.15) is 0 Å². The molecule has 106 valence electrons. The number of rotatable bonds is 3. The zero-order chi connectivity index (χ0) is 13.8. The Morgan fingerprint density at radius 3 is 2.25 bits per heavy atom. The number of benzene rings is 2. The average Bonchev–Trinajstić information content (AvgIpc) is 2.46. The summed E-state index contributed by atoms with van der Waals surface area (Å²) in [5.41, 5.74) is 8.97. The normalized spacial score (nSPS) is 9.75. The average molecular weight is 312 g/mol. The standard InChI is InChI=1S/C15H14ClNO2.ClH/c1-19-15(18)13-7-6-12(8-14(13)16)11-4-2-10(9-17)3-5-11;/h2-8H,9,17H2,1H3;1H. The highest BCUT2D eigenvalue weighted by atomic mass is 35.5. The molecule has 0 aliphatic carbocycles. The maximum atomic E-state index is 11.4. The van der Waals surface area contributed by atoms with Crippen molar-refractivity contribution in [2.24, 2.45) is 5.73 Å². The van der Waals surface area contributed by atoms with Gasteiger partial charge in [-0.1, -0.05) is 41.9 Å². The van der Waals surface area contributed by atoms with Gasteiger partial charge >= 0.3 is 5.97 Å². The summed E-state index contributed by atoms with van der Waals surface area (Å²) in [5.74, 6) is -0.435. The zero-order valence-electron chi connectivity index (χ0n) is 10.9. The van der Waals surface area contributed by atoms with Crippen molar-refractivity contribution in [3.8, 4) is 11.1 Å². The number of carbonyl (C=O) groups is 1. The van der Waals surface area contributed by atoms with Crippen LogP contribution >= 0.6 is 24.0 Å². The van der Waals surface area contributed by atoms with E-state index in [1.54, 1.807) is 12.1 Å². The van der Waals surface area contributed by atoms with Gasteiger partial charge in [0.25, 0.3) is 0 Å². The van der Waals surface area contributed by atoms with Crippen LogP contribution in [0.5, 0.6) is 0 Å². The molecule has 0 aliphatic rings. The Hall–Kier alpha value is -1.55. The summed E-state index contributed by atoms with van der Waals surface area (Å²) >= 11 is 6.09. The quantitative estimate of drug-likeness (QED) is 0.880. The smallest absolute Gasteiger partial charge is 0.339 e. The number of hydrogen-bond acceptors (Lipinski definition) is 3. The van der Waals surface area contributed by atoms with Gasteiger partial charge in [-0.15, -0.1) is 12.4 Å². The lowest BCUT2D eigenvalue weighted by molar-refractivity contribution is 0.0601. The summed E-state index contributed by atoms with van der Waals surface area (Å²) < 4.78 is 4.66. The molecule has 0 bridgehead atoms.